The molecule has 1 spiro atoms. The van der Waals surface area contributed by atoms with Crippen LogP contribution in [-0.4, -0.2) is 22.3 Å². The quantitative estimate of drug-likeness (QED) is 0.387. The molecule has 0 aromatic heterocycles. The molecule has 150 valence electrons. The van der Waals surface area contributed by atoms with Gasteiger partial charge in [0.25, 0.3) is 0 Å². The van der Waals surface area contributed by atoms with Crippen LogP contribution in [-0.2, 0) is 14.3 Å². The third-order valence-corrected chi connectivity index (χ3v) is 9.16. The minimum atomic E-state index is -0.477. The summed E-state index contributed by atoms with van der Waals surface area (Å²) < 4.78 is 5.95. The summed E-state index contributed by atoms with van der Waals surface area (Å²) in [6.45, 7) is 4.43. The maximum atomic E-state index is 12.2. The molecular formula is C22H27NO5. The lowest BCUT2D eigenvalue weighted by atomic mass is 9.48. The summed E-state index contributed by atoms with van der Waals surface area (Å²) in [5.74, 6) is 0.650. The molecule has 3 fully saturated rings. The largest absolute Gasteiger partial charge is 0.458 e. The van der Waals surface area contributed by atoms with E-state index < -0.39 is 4.92 Å². The lowest BCUT2D eigenvalue weighted by Crippen LogP contribution is -2.54. The molecule has 0 unspecified atom stereocenters. The van der Waals surface area contributed by atoms with E-state index in [-0.39, 0.29) is 40.3 Å². The molecule has 0 aromatic rings. The van der Waals surface area contributed by atoms with Crippen molar-refractivity contribution >= 4 is 11.8 Å². The molecule has 0 amide bonds. The van der Waals surface area contributed by atoms with Gasteiger partial charge in [0.15, 0.2) is 0 Å². The Hall–Kier alpha value is -1.98. The Bertz CT molecular complexity index is 859. The molecule has 5 rings (SSSR count). The van der Waals surface area contributed by atoms with E-state index in [0.29, 0.717) is 36.2 Å². The van der Waals surface area contributed by atoms with E-state index in [1.807, 2.05) is 6.08 Å². The SMILES string of the molecule is C[C@]12CCC(=O)C([N+](=O)[O-])=C1C=C[C@@H]1[C@@H]2CC[C@@]2(C)[C@H]1CC[C@@]21CCC(=O)O1. The van der Waals surface area contributed by atoms with Crippen LogP contribution in [0.15, 0.2) is 23.4 Å². The number of hydrogen-bond donors (Lipinski definition) is 0. The van der Waals surface area contributed by atoms with E-state index in [4.69, 9.17) is 4.74 Å². The smallest absolute Gasteiger partial charge is 0.315 e. The summed E-state index contributed by atoms with van der Waals surface area (Å²) >= 11 is 0. The summed E-state index contributed by atoms with van der Waals surface area (Å²) in [6.07, 6.45) is 10.2. The zero-order valence-electron chi connectivity index (χ0n) is 16.5. The van der Waals surface area contributed by atoms with Gasteiger partial charge in [0, 0.05) is 29.2 Å². The fraction of sp³-hybridized carbons (Fsp3) is 0.727. The Morgan fingerprint density at radius 2 is 1.82 bits per heavy atom. The van der Waals surface area contributed by atoms with Crippen molar-refractivity contribution in [3.63, 3.8) is 0 Å². The van der Waals surface area contributed by atoms with Gasteiger partial charge in [-0.05, 0) is 56.3 Å². The molecule has 6 atom stereocenters. The molecule has 2 saturated carbocycles. The van der Waals surface area contributed by atoms with Crippen molar-refractivity contribution in [1.82, 2.24) is 0 Å². The first-order valence-corrected chi connectivity index (χ1v) is 10.5. The molecular weight excluding hydrogens is 358 g/mol. The number of rotatable bonds is 1. The normalized spacial score (nSPS) is 47.0. The van der Waals surface area contributed by atoms with E-state index in [0.717, 1.165) is 32.1 Å². The maximum Gasteiger partial charge on any atom is 0.315 e. The number of ketones is 1. The lowest BCUT2D eigenvalue weighted by Gasteiger charge is -2.56. The zero-order valence-corrected chi connectivity index (χ0v) is 16.5. The van der Waals surface area contributed by atoms with E-state index in [1.165, 1.54) is 0 Å². The molecule has 1 saturated heterocycles. The van der Waals surface area contributed by atoms with Crippen molar-refractivity contribution in [2.45, 2.75) is 70.8 Å². The third-order valence-electron chi connectivity index (χ3n) is 9.16. The number of ether oxygens (including phenoxy) is 1. The molecule has 0 aromatic carbocycles. The number of allylic oxidation sites excluding steroid dienone is 4. The minimum absolute atomic E-state index is 0.0291. The van der Waals surface area contributed by atoms with E-state index in [1.54, 1.807) is 0 Å². The van der Waals surface area contributed by atoms with Crippen LogP contribution in [0.5, 0.6) is 0 Å². The van der Waals surface area contributed by atoms with Gasteiger partial charge in [-0.3, -0.25) is 19.7 Å². The fourth-order valence-corrected chi connectivity index (χ4v) is 7.61. The molecule has 6 heteroatoms. The number of hydrogen-bond acceptors (Lipinski definition) is 5. The first-order chi connectivity index (χ1) is 13.2. The zero-order chi connectivity index (χ0) is 19.9. The standard InChI is InChI=1S/C22H27NO5/c1-20-9-7-17(24)19(23(26)27)16(20)4-3-13-14(20)5-10-21(2)15(13)6-11-22(21)12-8-18(25)28-22/h3-4,13-15H,5-12H2,1-2H3/t13-,14+,15+,20-,21+,22-/m1/s1. The monoisotopic (exact) mass is 385 g/mol. The number of carbonyl (C=O) groups is 2. The average Bonchev–Trinajstić information content (AvgIpc) is 3.16. The average molecular weight is 385 g/mol. The molecule has 5 aliphatic rings. The number of nitrogens with zero attached hydrogens (tertiary/aromatic N) is 1. The summed E-state index contributed by atoms with van der Waals surface area (Å²) in [5.41, 5.74) is -0.222. The van der Waals surface area contributed by atoms with Crippen molar-refractivity contribution in [3.05, 3.63) is 33.5 Å². The lowest BCUT2D eigenvalue weighted by molar-refractivity contribution is -0.421. The van der Waals surface area contributed by atoms with Crippen molar-refractivity contribution < 1.29 is 19.2 Å². The highest BCUT2D eigenvalue weighted by Crippen LogP contribution is 2.68. The van der Waals surface area contributed by atoms with Crippen LogP contribution in [0, 0.1) is 38.7 Å². The van der Waals surface area contributed by atoms with Crippen molar-refractivity contribution in [3.8, 4) is 0 Å². The maximum absolute atomic E-state index is 12.2. The van der Waals surface area contributed by atoms with Gasteiger partial charge >= 0.3 is 11.7 Å². The Morgan fingerprint density at radius 3 is 2.50 bits per heavy atom. The highest BCUT2D eigenvalue weighted by Gasteiger charge is 2.67. The summed E-state index contributed by atoms with van der Waals surface area (Å²) in [7, 11) is 0. The molecule has 0 N–H and O–H groups in total. The minimum Gasteiger partial charge on any atom is -0.458 e. The first kappa shape index (κ1) is 18.1. The van der Waals surface area contributed by atoms with Gasteiger partial charge in [0.1, 0.15) is 5.60 Å². The van der Waals surface area contributed by atoms with Gasteiger partial charge in [-0.15, -0.1) is 0 Å². The highest BCUT2D eigenvalue weighted by molar-refractivity contribution is 5.95. The predicted molar refractivity (Wildman–Crippen MR) is 101 cm³/mol. The van der Waals surface area contributed by atoms with Crippen LogP contribution in [0.2, 0.25) is 0 Å². The van der Waals surface area contributed by atoms with Gasteiger partial charge in [-0.1, -0.05) is 26.0 Å². The van der Waals surface area contributed by atoms with E-state index >= 15 is 0 Å². The molecule has 0 bridgehead atoms. The van der Waals surface area contributed by atoms with Crippen LogP contribution in [0.25, 0.3) is 0 Å². The molecule has 1 aliphatic heterocycles. The number of nitro groups is 1. The van der Waals surface area contributed by atoms with E-state index in [2.05, 4.69) is 19.9 Å². The number of fused-ring (bicyclic) bond motifs is 6. The number of Topliss-reactive ketones (excluding diaryl/α,β-unsaturated/α-hetero) is 1. The second kappa shape index (κ2) is 5.55. The Kier molecular flexibility index (Phi) is 3.58. The summed E-state index contributed by atoms with van der Waals surface area (Å²) in [5, 5.41) is 11.6. The second-order valence-corrected chi connectivity index (χ2v) is 9.97. The molecule has 1 heterocycles. The summed E-state index contributed by atoms with van der Waals surface area (Å²) in [6, 6.07) is 0. The predicted octanol–water partition coefficient (Wildman–Crippen LogP) is 3.97. The molecule has 6 nitrogen and oxygen atoms in total. The van der Waals surface area contributed by atoms with Crippen molar-refractivity contribution in [2.75, 3.05) is 0 Å². The van der Waals surface area contributed by atoms with Gasteiger partial charge in [-0.2, -0.15) is 0 Å². The van der Waals surface area contributed by atoms with Crippen LogP contribution >= 0.6 is 0 Å². The first-order valence-electron chi connectivity index (χ1n) is 10.5. The Balaban J connectivity index is 1.57. The summed E-state index contributed by atoms with van der Waals surface area (Å²) in [4.78, 5) is 35.3. The molecule has 28 heavy (non-hydrogen) atoms. The number of esters is 1. The molecule has 0 radical (unpaired) electrons. The highest BCUT2D eigenvalue weighted by atomic mass is 16.6. The van der Waals surface area contributed by atoms with Crippen LogP contribution in [0.4, 0.5) is 0 Å². The topological polar surface area (TPSA) is 86.5 Å². The fourth-order valence-electron chi connectivity index (χ4n) is 7.61. The van der Waals surface area contributed by atoms with Gasteiger partial charge < -0.3 is 4.74 Å². The van der Waals surface area contributed by atoms with Gasteiger partial charge in [0.2, 0.25) is 5.78 Å². The Morgan fingerprint density at radius 1 is 1.07 bits per heavy atom. The Labute approximate surface area is 164 Å². The van der Waals surface area contributed by atoms with Gasteiger partial charge in [0.05, 0.1) is 4.92 Å². The van der Waals surface area contributed by atoms with Crippen LogP contribution in [0.3, 0.4) is 0 Å². The van der Waals surface area contributed by atoms with Crippen LogP contribution < -0.4 is 0 Å². The van der Waals surface area contributed by atoms with Gasteiger partial charge in [-0.25, -0.2) is 0 Å². The molecule has 4 aliphatic carbocycles. The van der Waals surface area contributed by atoms with E-state index in [9.17, 15) is 19.7 Å². The second-order valence-electron chi connectivity index (χ2n) is 9.97. The third kappa shape index (κ3) is 2.04. The number of carbonyl (C=O) groups excluding carboxylic acids is 2. The van der Waals surface area contributed by atoms with Crippen LogP contribution in [0.1, 0.15) is 65.2 Å². The van der Waals surface area contributed by atoms with Crippen molar-refractivity contribution in [1.29, 1.82) is 0 Å². The van der Waals surface area contributed by atoms with Crippen molar-refractivity contribution in [2.24, 2.45) is 28.6 Å².